The number of pyridine rings is 1. The Bertz CT molecular complexity index is 1620. The van der Waals surface area contributed by atoms with E-state index in [1.165, 1.54) is 18.5 Å². The molecule has 0 radical (unpaired) electrons. The molecule has 3 aromatic heterocycles. The molecule has 1 fully saturated rings. The molecule has 1 aliphatic carbocycles. The second kappa shape index (κ2) is 7.49. The lowest BCUT2D eigenvalue weighted by atomic mass is 9.81. The molecule has 2 N–H and O–H groups in total. The number of imidazole rings is 1. The minimum absolute atomic E-state index is 0.0704. The van der Waals surface area contributed by atoms with Gasteiger partial charge in [0.1, 0.15) is 5.82 Å². The van der Waals surface area contributed by atoms with Crippen molar-refractivity contribution >= 4 is 16.6 Å². The van der Waals surface area contributed by atoms with Gasteiger partial charge in [-0.25, -0.2) is 14.5 Å². The molecule has 0 bridgehead atoms. The maximum absolute atomic E-state index is 13.4. The quantitative estimate of drug-likeness (QED) is 0.467. The Morgan fingerprint density at radius 3 is 2.71 bits per heavy atom. The van der Waals surface area contributed by atoms with Crippen LogP contribution in [0.3, 0.4) is 0 Å². The second-order valence-electron chi connectivity index (χ2n) is 9.05. The van der Waals surface area contributed by atoms with Crippen LogP contribution in [0.5, 0.6) is 0 Å². The summed E-state index contributed by atoms with van der Waals surface area (Å²) in [7, 11) is 0. The lowest BCUT2D eigenvalue weighted by Crippen LogP contribution is -2.35. The molecular weight excluding hydrogens is 461 g/mol. The molecule has 4 heterocycles. The molecule has 4 atom stereocenters. The summed E-state index contributed by atoms with van der Waals surface area (Å²) < 4.78 is 41.8. The Morgan fingerprint density at radius 2 is 1.94 bits per heavy atom. The van der Waals surface area contributed by atoms with Crippen molar-refractivity contribution < 1.29 is 13.2 Å². The van der Waals surface area contributed by atoms with Crippen molar-refractivity contribution in [2.24, 2.45) is 16.9 Å². The average molecular weight is 480 g/mol. The van der Waals surface area contributed by atoms with E-state index in [1.807, 2.05) is 6.92 Å². The summed E-state index contributed by atoms with van der Waals surface area (Å²) in [5, 5.41) is 4.67. The van der Waals surface area contributed by atoms with Gasteiger partial charge in [0.2, 0.25) is 0 Å². The first-order valence-electron chi connectivity index (χ1n) is 11.1. The van der Waals surface area contributed by atoms with Crippen LogP contribution in [0.15, 0.2) is 63.7 Å². The molecule has 6 rings (SSSR count). The first-order chi connectivity index (χ1) is 16.7. The largest absolute Gasteiger partial charge is 0.417 e. The Hall–Kier alpha value is -4.02. The Kier molecular flexibility index (Phi) is 4.60. The molecule has 2 aliphatic rings. The number of benzene rings is 1. The summed E-state index contributed by atoms with van der Waals surface area (Å²) in [6.45, 7) is 1.97. The molecule has 1 aliphatic heterocycles. The zero-order chi connectivity index (χ0) is 24.5. The Morgan fingerprint density at radius 1 is 1.11 bits per heavy atom. The number of aromatic amines is 2. The van der Waals surface area contributed by atoms with Crippen molar-refractivity contribution in [3.8, 4) is 0 Å². The minimum atomic E-state index is -4.45. The van der Waals surface area contributed by atoms with E-state index in [2.05, 4.69) is 25.0 Å². The van der Waals surface area contributed by atoms with E-state index in [9.17, 15) is 22.8 Å². The number of hydrogen-bond donors (Lipinski definition) is 2. The highest BCUT2D eigenvalue weighted by Crippen LogP contribution is 2.58. The maximum atomic E-state index is 13.4. The summed E-state index contributed by atoms with van der Waals surface area (Å²) in [6.07, 6.45) is 2.28. The lowest BCUT2D eigenvalue weighted by molar-refractivity contribution is -0.136. The van der Waals surface area contributed by atoms with Gasteiger partial charge in [-0.1, -0.05) is 19.1 Å². The van der Waals surface area contributed by atoms with Gasteiger partial charge >= 0.3 is 11.9 Å². The van der Waals surface area contributed by atoms with Gasteiger partial charge in [0.15, 0.2) is 0 Å². The molecule has 178 valence electrons. The smallest absolute Gasteiger partial charge is 0.313 e. The number of rotatable bonds is 3. The number of nitrogens with zero attached hydrogens (tertiary/aromatic N) is 4. The number of H-pyrrole nitrogens is 2. The van der Waals surface area contributed by atoms with E-state index in [0.29, 0.717) is 11.2 Å². The van der Waals surface area contributed by atoms with Crippen LogP contribution in [-0.4, -0.2) is 30.3 Å². The molecular formula is C24H19F3N6O2. The molecule has 0 amide bonds. The summed E-state index contributed by atoms with van der Waals surface area (Å²) in [4.78, 5) is 37.4. The van der Waals surface area contributed by atoms with Crippen molar-refractivity contribution in [2.45, 2.75) is 31.4 Å². The minimum Gasteiger partial charge on any atom is -0.313 e. The van der Waals surface area contributed by atoms with Crippen LogP contribution in [0.4, 0.5) is 13.2 Å². The van der Waals surface area contributed by atoms with E-state index in [4.69, 9.17) is 0 Å². The number of halogens is 3. The van der Waals surface area contributed by atoms with E-state index in [1.54, 1.807) is 29.2 Å². The van der Waals surface area contributed by atoms with Crippen molar-refractivity contribution in [2.75, 3.05) is 0 Å². The van der Waals surface area contributed by atoms with Crippen molar-refractivity contribution in [1.29, 1.82) is 0 Å². The third-order valence-electron chi connectivity index (χ3n) is 7.03. The fraction of sp³-hybridized carbons (Fsp3) is 0.292. The molecule has 0 spiro atoms. The van der Waals surface area contributed by atoms with Gasteiger partial charge in [-0.05, 0) is 36.0 Å². The first-order valence-corrected chi connectivity index (χ1v) is 11.1. The monoisotopic (exact) mass is 480 g/mol. The maximum Gasteiger partial charge on any atom is 0.417 e. The summed E-state index contributed by atoms with van der Waals surface area (Å²) in [6, 6.07) is 5.96. The van der Waals surface area contributed by atoms with E-state index < -0.39 is 23.0 Å². The SMILES string of the molecule is CC1C(c2c[nH]c(=O)[nH]c2=O)=Nn2ccnc2C1[C@H]1C[C@@H]1c1ccc2c(C(F)(F)F)ccnc2c1. The summed E-state index contributed by atoms with van der Waals surface area (Å²) in [5.74, 6) is 0.789. The van der Waals surface area contributed by atoms with Crippen molar-refractivity contribution in [3.63, 3.8) is 0 Å². The van der Waals surface area contributed by atoms with E-state index in [0.717, 1.165) is 23.9 Å². The topological polar surface area (TPSA) is 109 Å². The number of fused-ring (bicyclic) bond motifs is 2. The summed E-state index contributed by atoms with van der Waals surface area (Å²) in [5.41, 5.74) is 0.246. The molecule has 4 aromatic rings. The van der Waals surface area contributed by atoms with Crippen molar-refractivity contribution in [3.05, 3.63) is 92.4 Å². The molecule has 11 heteroatoms. The number of aromatic nitrogens is 5. The average Bonchev–Trinajstić information content (AvgIpc) is 3.46. The lowest BCUT2D eigenvalue weighted by Gasteiger charge is -2.29. The van der Waals surface area contributed by atoms with Gasteiger partial charge in [-0.3, -0.25) is 14.8 Å². The van der Waals surface area contributed by atoms with E-state index in [-0.39, 0.29) is 34.6 Å². The highest BCUT2D eigenvalue weighted by molar-refractivity contribution is 6.02. The molecule has 35 heavy (non-hydrogen) atoms. The number of hydrogen-bond acceptors (Lipinski definition) is 5. The Labute approximate surface area is 195 Å². The van der Waals surface area contributed by atoms with Crippen LogP contribution in [0.2, 0.25) is 0 Å². The molecule has 2 unspecified atom stereocenters. The highest BCUT2D eigenvalue weighted by Gasteiger charge is 2.50. The van der Waals surface area contributed by atoms with E-state index >= 15 is 0 Å². The normalized spacial score (nSPS) is 23.7. The predicted octanol–water partition coefficient (Wildman–Crippen LogP) is 3.62. The van der Waals surface area contributed by atoms with Crippen molar-refractivity contribution in [1.82, 2.24) is 24.6 Å². The standard InChI is InChI=1S/C24H19F3N6O2/c1-11-19(21-29-6-7-33(21)32-20(11)16-10-30-23(35)31-22(16)34)15-9-14(15)12-2-3-13-17(24(25,26)27)4-5-28-18(13)8-12/h2-8,10-11,14-15,19H,9H2,1H3,(H2,30,31,34,35)/t11?,14-,15+,19?/m1/s1. The second-order valence-corrected chi connectivity index (χ2v) is 9.05. The molecule has 1 saturated carbocycles. The van der Waals surface area contributed by atoms with Gasteiger partial charge in [-0.15, -0.1) is 0 Å². The third-order valence-corrected chi connectivity index (χ3v) is 7.03. The first kappa shape index (κ1) is 21.5. The highest BCUT2D eigenvalue weighted by atomic mass is 19.4. The fourth-order valence-electron chi connectivity index (χ4n) is 5.33. The van der Waals surface area contributed by atoms with Crippen LogP contribution in [0, 0.1) is 11.8 Å². The molecule has 1 aromatic carbocycles. The van der Waals surface area contributed by atoms with Gasteiger partial charge < -0.3 is 4.98 Å². The number of nitrogens with one attached hydrogen (secondary N) is 2. The summed E-state index contributed by atoms with van der Waals surface area (Å²) >= 11 is 0. The van der Waals surface area contributed by atoms with Crippen LogP contribution in [0.25, 0.3) is 10.9 Å². The Balaban J connectivity index is 1.35. The number of alkyl halides is 3. The zero-order valence-corrected chi connectivity index (χ0v) is 18.4. The van der Waals surface area contributed by atoms with Gasteiger partial charge in [0, 0.05) is 42.0 Å². The van der Waals surface area contributed by atoms with Crippen LogP contribution >= 0.6 is 0 Å². The van der Waals surface area contributed by atoms with Gasteiger partial charge in [-0.2, -0.15) is 18.3 Å². The third kappa shape index (κ3) is 3.49. The fourth-order valence-corrected chi connectivity index (χ4v) is 5.33. The van der Waals surface area contributed by atoms with Crippen LogP contribution < -0.4 is 11.2 Å². The van der Waals surface area contributed by atoms with Gasteiger partial charge in [0.05, 0.1) is 22.4 Å². The zero-order valence-electron chi connectivity index (χ0n) is 18.4. The van der Waals surface area contributed by atoms with Crippen LogP contribution in [-0.2, 0) is 6.18 Å². The molecule has 8 nitrogen and oxygen atoms in total. The van der Waals surface area contributed by atoms with Crippen LogP contribution in [0.1, 0.15) is 47.7 Å². The predicted molar refractivity (Wildman–Crippen MR) is 121 cm³/mol. The molecule has 0 saturated heterocycles. The van der Waals surface area contributed by atoms with Gasteiger partial charge in [0.25, 0.3) is 5.56 Å².